The molecule has 17 heavy (non-hydrogen) atoms. The second-order valence-electron chi connectivity index (χ2n) is 3.44. The Morgan fingerprint density at radius 1 is 1.41 bits per heavy atom. The molecule has 0 saturated heterocycles. The highest BCUT2D eigenvalue weighted by atomic mass is 35.5. The van der Waals surface area contributed by atoms with Crippen LogP contribution in [-0.2, 0) is 9.63 Å². The summed E-state index contributed by atoms with van der Waals surface area (Å²) in [5, 5.41) is 13.7. The van der Waals surface area contributed by atoms with Crippen molar-refractivity contribution in [1.82, 2.24) is 0 Å². The first-order valence-corrected chi connectivity index (χ1v) is 5.40. The molecule has 0 aromatic heterocycles. The van der Waals surface area contributed by atoms with Gasteiger partial charge in [-0.1, -0.05) is 28.4 Å². The highest BCUT2D eigenvalue weighted by Gasteiger charge is 2.22. The second kappa shape index (κ2) is 4.39. The molecule has 0 radical (unpaired) electrons. The van der Waals surface area contributed by atoms with Gasteiger partial charge in [-0.15, -0.1) is 0 Å². The Hall–Kier alpha value is -1.52. The van der Waals surface area contributed by atoms with Crippen molar-refractivity contribution >= 4 is 41.0 Å². The molecule has 1 N–H and O–H groups in total. The van der Waals surface area contributed by atoms with Crippen molar-refractivity contribution in [3.05, 3.63) is 33.3 Å². The van der Waals surface area contributed by atoms with E-state index in [9.17, 15) is 9.90 Å². The lowest BCUT2D eigenvalue weighted by Crippen LogP contribution is -2.01. The van der Waals surface area contributed by atoms with E-state index in [1.165, 1.54) is 18.2 Å². The second-order valence-corrected chi connectivity index (χ2v) is 4.28. The Kier molecular flexibility index (Phi) is 3.09. The molecule has 0 fully saturated rings. The van der Waals surface area contributed by atoms with Gasteiger partial charge < -0.3 is 9.94 Å². The highest BCUT2D eigenvalue weighted by Crippen LogP contribution is 2.33. The van der Waals surface area contributed by atoms with Crippen molar-refractivity contribution in [2.45, 2.75) is 6.92 Å². The van der Waals surface area contributed by atoms with Crippen LogP contribution in [0.2, 0.25) is 10.0 Å². The van der Waals surface area contributed by atoms with E-state index in [0.29, 0.717) is 16.3 Å². The van der Waals surface area contributed by atoms with Crippen LogP contribution in [0.4, 0.5) is 0 Å². The number of phenolic OH excluding ortho intramolecular Hbond substituents is 1. The SMILES string of the molecule is CC1=NOC(=O)C1=Cc1cc(Cl)cc(Cl)c1O. The van der Waals surface area contributed by atoms with Crippen molar-refractivity contribution in [3.63, 3.8) is 0 Å². The van der Waals surface area contributed by atoms with Crippen molar-refractivity contribution in [1.29, 1.82) is 0 Å². The van der Waals surface area contributed by atoms with Crippen LogP contribution in [0.25, 0.3) is 6.08 Å². The minimum absolute atomic E-state index is 0.116. The Morgan fingerprint density at radius 3 is 2.71 bits per heavy atom. The van der Waals surface area contributed by atoms with Crippen molar-refractivity contribution in [3.8, 4) is 5.75 Å². The number of carbonyl (C=O) groups is 1. The van der Waals surface area contributed by atoms with Gasteiger partial charge in [0.25, 0.3) is 0 Å². The molecule has 1 heterocycles. The summed E-state index contributed by atoms with van der Waals surface area (Å²) in [6, 6.07) is 2.91. The zero-order chi connectivity index (χ0) is 12.6. The molecular weight excluding hydrogens is 265 g/mol. The molecular formula is C11H7Cl2NO3. The molecule has 1 aromatic rings. The van der Waals surface area contributed by atoms with E-state index in [2.05, 4.69) is 9.99 Å². The number of oxime groups is 1. The van der Waals surface area contributed by atoms with Crippen molar-refractivity contribution in [2.24, 2.45) is 5.16 Å². The predicted octanol–water partition coefficient (Wildman–Crippen LogP) is 3.02. The number of halogens is 2. The maximum absolute atomic E-state index is 11.3. The average molecular weight is 272 g/mol. The number of aromatic hydroxyl groups is 1. The number of benzene rings is 1. The van der Waals surface area contributed by atoms with Gasteiger partial charge in [0.05, 0.1) is 16.3 Å². The summed E-state index contributed by atoms with van der Waals surface area (Å²) in [6.45, 7) is 1.62. The first-order valence-electron chi connectivity index (χ1n) is 4.65. The molecule has 0 spiro atoms. The van der Waals surface area contributed by atoms with Gasteiger partial charge in [0, 0.05) is 10.6 Å². The maximum atomic E-state index is 11.3. The fraction of sp³-hybridized carbons (Fsp3) is 0.0909. The number of hydrogen-bond donors (Lipinski definition) is 1. The third-order valence-corrected chi connectivity index (χ3v) is 2.74. The van der Waals surface area contributed by atoms with E-state index in [0.717, 1.165) is 0 Å². The number of hydrogen-bond acceptors (Lipinski definition) is 4. The van der Waals surface area contributed by atoms with Crippen LogP contribution in [0.5, 0.6) is 5.75 Å². The van der Waals surface area contributed by atoms with Gasteiger partial charge in [-0.25, -0.2) is 4.79 Å². The zero-order valence-corrected chi connectivity index (χ0v) is 10.2. The molecule has 6 heteroatoms. The third-order valence-electron chi connectivity index (χ3n) is 2.23. The fourth-order valence-corrected chi connectivity index (χ4v) is 1.88. The molecule has 2 rings (SSSR count). The molecule has 0 amide bonds. The lowest BCUT2D eigenvalue weighted by atomic mass is 10.1. The van der Waals surface area contributed by atoms with E-state index >= 15 is 0 Å². The van der Waals surface area contributed by atoms with Crippen LogP contribution in [0.3, 0.4) is 0 Å². The molecule has 0 atom stereocenters. The van der Waals surface area contributed by atoms with Crippen LogP contribution in [0, 0.1) is 0 Å². The summed E-state index contributed by atoms with van der Waals surface area (Å²) in [5.74, 6) is -0.714. The maximum Gasteiger partial charge on any atom is 0.367 e. The highest BCUT2D eigenvalue weighted by molar-refractivity contribution is 6.36. The van der Waals surface area contributed by atoms with Crippen LogP contribution in [0.1, 0.15) is 12.5 Å². The Morgan fingerprint density at radius 2 is 2.12 bits per heavy atom. The van der Waals surface area contributed by atoms with Crippen LogP contribution in [0.15, 0.2) is 22.9 Å². The molecule has 0 unspecified atom stereocenters. The van der Waals surface area contributed by atoms with Crippen LogP contribution >= 0.6 is 23.2 Å². The molecule has 0 bridgehead atoms. The van der Waals surface area contributed by atoms with Gasteiger partial charge in [-0.3, -0.25) is 0 Å². The van der Waals surface area contributed by atoms with E-state index in [1.807, 2.05) is 0 Å². The standard InChI is InChI=1S/C11H7Cl2NO3/c1-5-8(11(16)17-14-5)3-6-2-7(12)4-9(13)10(6)15/h2-4,15H,1H3. The minimum atomic E-state index is -0.571. The first-order chi connectivity index (χ1) is 7.99. The van der Waals surface area contributed by atoms with Gasteiger partial charge in [-0.2, -0.15) is 0 Å². The van der Waals surface area contributed by atoms with Crippen molar-refractivity contribution in [2.75, 3.05) is 0 Å². The van der Waals surface area contributed by atoms with Gasteiger partial charge >= 0.3 is 5.97 Å². The van der Waals surface area contributed by atoms with E-state index < -0.39 is 5.97 Å². The van der Waals surface area contributed by atoms with E-state index in [1.54, 1.807) is 6.92 Å². The Labute approximate surface area is 107 Å². The third kappa shape index (κ3) is 2.28. The Balaban J connectivity index is 2.53. The summed E-state index contributed by atoms with van der Waals surface area (Å²) in [4.78, 5) is 15.8. The molecule has 88 valence electrons. The normalized spacial score (nSPS) is 17.2. The minimum Gasteiger partial charge on any atom is -0.506 e. The van der Waals surface area contributed by atoms with Gasteiger partial charge in [0.2, 0.25) is 0 Å². The monoisotopic (exact) mass is 271 g/mol. The average Bonchev–Trinajstić information content (AvgIpc) is 2.56. The zero-order valence-electron chi connectivity index (χ0n) is 8.70. The van der Waals surface area contributed by atoms with Gasteiger partial charge in [0.1, 0.15) is 5.75 Å². The summed E-state index contributed by atoms with van der Waals surface area (Å²) in [5.41, 5.74) is 1.04. The smallest absolute Gasteiger partial charge is 0.367 e. The van der Waals surface area contributed by atoms with Crippen molar-refractivity contribution < 1.29 is 14.7 Å². The molecule has 4 nitrogen and oxygen atoms in total. The molecule has 1 aromatic carbocycles. The number of phenols is 1. The van der Waals surface area contributed by atoms with Crippen LogP contribution < -0.4 is 0 Å². The number of carbonyl (C=O) groups excluding carboxylic acids is 1. The topological polar surface area (TPSA) is 58.9 Å². The lowest BCUT2D eigenvalue weighted by Gasteiger charge is -2.03. The Bertz CT molecular complexity index is 564. The first kappa shape index (κ1) is 12.0. The lowest BCUT2D eigenvalue weighted by molar-refractivity contribution is -0.136. The summed E-state index contributed by atoms with van der Waals surface area (Å²) >= 11 is 11.6. The molecule has 0 saturated carbocycles. The largest absolute Gasteiger partial charge is 0.506 e. The predicted molar refractivity (Wildman–Crippen MR) is 65.3 cm³/mol. The van der Waals surface area contributed by atoms with Crippen LogP contribution in [-0.4, -0.2) is 16.8 Å². The summed E-state index contributed by atoms with van der Waals surface area (Å²) in [6.07, 6.45) is 1.43. The molecule has 1 aliphatic rings. The fourth-order valence-electron chi connectivity index (χ4n) is 1.37. The van der Waals surface area contributed by atoms with E-state index in [4.69, 9.17) is 23.2 Å². The number of nitrogens with zero attached hydrogens (tertiary/aromatic N) is 1. The van der Waals surface area contributed by atoms with Gasteiger partial charge in [-0.05, 0) is 25.1 Å². The summed E-state index contributed by atoms with van der Waals surface area (Å²) in [7, 11) is 0. The number of rotatable bonds is 1. The molecule has 0 aliphatic carbocycles. The quantitative estimate of drug-likeness (QED) is 0.631. The summed E-state index contributed by atoms with van der Waals surface area (Å²) < 4.78 is 0. The van der Waals surface area contributed by atoms with Gasteiger partial charge in [0.15, 0.2) is 0 Å². The van der Waals surface area contributed by atoms with E-state index in [-0.39, 0.29) is 16.3 Å². The molecule has 1 aliphatic heterocycles.